The second-order valence-corrected chi connectivity index (χ2v) is 17.9. The van der Waals surface area contributed by atoms with Gasteiger partial charge in [0, 0.05) is 76.5 Å². The summed E-state index contributed by atoms with van der Waals surface area (Å²) < 4.78 is 35.2. The number of carbonyl (C=O) groups excluding carboxylic acids is 1. The van der Waals surface area contributed by atoms with E-state index in [4.69, 9.17) is 25.8 Å². The van der Waals surface area contributed by atoms with Crippen LogP contribution in [0, 0.1) is 35.4 Å². The molecule has 53 heavy (non-hydrogen) atoms. The van der Waals surface area contributed by atoms with Crippen molar-refractivity contribution >= 4 is 23.2 Å². The SMILES string of the molecule is CO[C@@]1(CN2CCN3CCOC[C@@H]3C2)C2=C[C@@H](C2)[C@H](C)[C@@H](C)CNC(=O)c2ccc3c(c2)N(C[C@@H]2CC[C@H]21)C[C@@]1(CCCc2c1ccc(Cl)c2F)CO3. The maximum atomic E-state index is 15.6. The van der Waals surface area contributed by atoms with Gasteiger partial charge in [0.25, 0.3) is 5.91 Å². The van der Waals surface area contributed by atoms with Crippen molar-refractivity contribution in [2.75, 3.05) is 84.2 Å². The number of morpholine rings is 1. The van der Waals surface area contributed by atoms with Crippen LogP contribution in [0.5, 0.6) is 5.75 Å². The summed E-state index contributed by atoms with van der Waals surface area (Å²) in [5, 5.41) is 3.45. The molecular weight excluding hydrogens is 691 g/mol. The van der Waals surface area contributed by atoms with E-state index in [0.717, 1.165) is 107 Å². The van der Waals surface area contributed by atoms with E-state index < -0.39 is 5.41 Å². The van der Waals surface area contributed by atoms with Gasteiger partial charge in [-0.15, -0.1) is 0 Å². The molecule has 3 aliphatic carbocycles. The summed E-state index contributed by atoms with van der Waals surface area (Å²) in [7, 11) is 1.96. The van der Waals surface area contributed by atoms with Crippen LogP contribution in [0.15, 0.2) is 42.0 Å². The highest BCUT2D eigenvalue weighted by Gasteiger charge is 2.55. The van der Waals surface area contributed by atoms with Crippen molar-refractivity contribution in [3.63, 3.8) is 0 Å². The standard InChI is InChI=1S/C43H56ClFN4O4/c1-27-20-46-41(50)29-7-11-39-38(19-29)49(24-42(26-53-39)12-4-5-34-36(42)9-10-37(44)40(34)45)21-30-6-8-35(30)43(51-3,32-17-31(18-32)28(27)2)25-47-13-14-48-15-16-52-23-33(48)22-47/h7,9-11,17,19,27-28,30-31,33,35H,4-6,8,12-16,18,20-26H2,1-3H3,(H,46,50)/t27-,28+,30-,31-,33-,35+,42-,43-/m0/s1. The Bertz CT molecular complexity index is 1770. The maximum absolute atomic E-state index is 15.6. The third-order valence-electron chi connectivity index (χ3n) is 14.8. The van der Waals surface area contributed by atoms with Crippen molar-refractivity contribution in [2.24, 2.45) is 29.6 Å². The number of anilines is 1. The number of hydrogen-bond donors (Lipinski definition) is 1. The van der Waals surface area contributed by atoms with Gasteiger partial charge in [-0.3, -0.25) is 14.6 Å². The van der Waals surface area contributed by atoms with Gasteiger partial charge in [-0.2, -0.15) is 0 Å². The van der Waals surface area contributed by atoms with E-state index in [1.54, 1.807) is 6.07 Å². The summed E-state index contributed by atoms with van der Waals surface area (Å²) in [6, 6.07) is 10.1. The van der Waals surface area contributed by atoms with E-state index in [9.17, 15) is 4.79 Å². The molecule has 0 unspecified atom stereocenters. The molecule has 4 bridgehead atoms. The summed E-state index contributed by atoms with van der Waals surface area (Å²) in [5.41, 5.74) is 4.03. The van der Waals surface area contributed by atoms with Crippen LogP contribution in [-0.2, 0) is 21.3 Å². The fourth-order valence-electron chi connectivity index (χ4n) is 11.2. The number of nitrogens with zero attached hydrogens (tertiary/aromatic N) is 3. The van der Waals surface area contributed by atoms with Gasteiger partial charge in [0.1, 0.15) is 17.2 Å². The molecule has 1 amide bonds. The molecule has 8 atom stereocenters. The number of rotatable bonds is 3. The van der Waals surface area contributed by atoms with Gasteiger partial charge in [0.05, 0.1) is 30.5 Å². The largest absolute Gasteiger partial charge is 0.490 e. The molecule has 8 nitrogen and oxygen atoms in total. The highest BCUT2D eigenvalue weighted by molar-refractivity contribution is 6.30. The second kappa shape index (κ2) is 14.1. The van der Waals surface area contributed by atoms with E-state index in [0.29, 0.717) is 67.3 Å². The van der Waals surface area contributed by atoms with Crippen LogP contribution >= 0.6 is 11.6 Å². The highest BCUT2D eigenvalue weighted by Crippen LogP contribution is 2.54. The van der Waals surface area contributed by atoms with Gasteiger partial charge in [0.2, 0.25) is 0 Å². The first-order chi connectivity index (χ1) is 25.7. The third-order valence-corrected chi connectivity index (χ3v) is 15.1. The van der Waals surface area contributed by atoms with Crippen LogP contribution < -0.4 is 15.0 Å². The maximum Gasteiger partial charge on any atom is 0.251 e. The molecular formula is C43H56ClFN4O4. The van der Waals surface area contributed by atoms with Crippen molar-refractivity contribution in [3.8, 4) is 5.75 Å². The Morgan fingerprint density at radius 1 is 1.11 bits per heavy atom. The summed E-state index contributed by atoms with van der Waals surface area (Å²) in [5.74, 6) is 2.40. The lowest BCUT2D eigenvalue weighted by Crippen LogP contribution is -2.64. The Morgan fingerprint density at radius 3 is 2.79 bits per heavy atom. The minimum Gasteiger partial charge on any atom is -0.490 e. The second-order valence-electron chi connectivity index (χ2n) is 17.5. The number of halogens is 2. The Morgan fingerprint density at radius 2 is 1.98 bits per heavy atom. The first-order valence-corrected chi connectivity index (χ1v) is 20.6. The number of hydrogen-bond acceptors (Lipinski definition) is 7. The monoisotopic (exact) mass is 746 g/mol. The quantitative estimate of drug-likeness (QED) is 0.368. The van der Waals surface area contributed by atoms with Gasteiger partial charge in [-0.1, -0.05) is 37.6 Å². The molecule has 10 rings (SSSR count). The normalized spacial score (nSPS) is 36.1. The Labute approximate surface area is 319 Å². The average molecular weight is 747 g/mol. The summed E-state index contributed by atoms with van der Waals surface area (Å²) in [6.45, 7) is 13.9. The predicted octanol–water partition coefficient (Wildman–Crippen LogP) is 6.34. The van der Waals surface area contributed by atoms with E-state index in [2.05, 4.69) is 39.9 Å². The van der Waals surface area contributed by atoms with Crippen LogP contribution in [0.25, 0.3) is 0 Å². The van der Waals surface area contributed by atoms with Gasteiger partial charge in [-0.25, -0.2) is 4.39 Å². The number of allylic oxidation sites excluding steroid dienone is 1. The Balaban J connectivity index is 1.10. The van der Waals surface area contributed by atoms with Crippen LogP contribution in [0.1, 0.15) is 67.4 Å². The molecule has 2 aromatic rings. The lowest BCUT2D eigenvalue weighted by Gasteiger charge is -2.57. The molecule has 0 aromatic heterocycles. The van der Waals surface area contributed by atoms with E-state index in [1.807, 2.05) is 31.4 Å². The molecule has 8 aliphatic rings. The van der Waals surface area contributed by atoms with Gasteiger partial charge < -0.3 is 24.4 Å². The minimum absolute atomic E-state index is 0.0502. The highest BCUT2D eigenvalue weighted by atomic mass is 35.5. The first-order valence-electron chi connectivity index (χ1n) is 20.3. The van der Waals surface area contributed by atoms with Crippen molar-refractivity contribution in [1.29, 1.82) is 0 Å². The molecule has 3 fully saturated rings. The van der Waals surface area contributed by atoms with Crippen molar-refractivity contribution in [1.82, 2.24) is 15.1 Å². The summed E-state index contributed by atoms with van der Waals surface area (Å²) in [4.78, 5) is 21.5. The van der Waals surface area contributed by atoms with Crippen molar-refractivity contribution in [3.05, 3.63) is 69.5 Å². The number of nitrogens with one attached hydrogen (secondary N) is 1. The van der Waals surface area contributed by atoms with Gasteiger partial charge in [-0.05, 0) is 109 Å². The number of fused-ring (bicyclic) bond motifs is 7. The third kappa shape index (κ3) is 6.21. The molecule has 5 heterocycles. The number of methoxy groups -OCH3 is 1. The zero-order valence-corrected chi connectivity index (χ0v) is 32.4. The fraction of sp³-hybridized carbons (Fsp3) is 0.651. The van der Waals surface area contributed by atoms with Gasteiger partial charge >= 0.3 is 0 Å². The number of carbonyl (C=O) groups is 1. The van der Waals surface area contributed by atoms with E-state index >= 15 is 4.39 Å². The smallest absolute Gasteiger partial charge is 0.251 e. The summed E-state index contributed by atoms with van der Waals surface area (Å²) >= 11 is 6.34. The van der Waals surface area contributed by atoms with Crippen LogP contribution in [0.2, 0.25) is 5.02 Å². The number of ether oxygens (including phenoxy) is 3. The zero-order valence-electron chi connectivity index (χ0n) is 31.7. The molecule has 5 aliphatic heterocycles. The average Bonchev–Trinajstić information content (AvgIpc) is 3.29. The van der Waals surface area contributed by atoms with Crippen molar-refractivity contribution in [2.45, 2.75) is 69.4 Å². The Kier molecular flexibility index (Phi) is 9.58. The summed E-state index contributed by atoms with van der Waals surface area (Å²) in [6.07, 6.45) is 8.27. The topological polar surface area (TPSA) is 66.5 Å². The first kappa shape index (κ1) is 36.0. The molecule has 2 saturated heterocycles. The number of benzene rings is 2. The number of piperazine rings is 1. The van der Waals surface area contributed by atoms with Crippen molar-refractivity contribution < 1.29 is 23.4 Å². The lowest BCUT2D eigenvalue weighted by molar-refractivity contribution is -0.119. The zero-order chi connectivity index (χ0) is 36.5. The molecule has 286 valence electrons. The molecule has 10 heteroatoms. The molecule has 1 N–H and O–H groups in total. The van der Waals surface area contributed by atoms with Crippen LogP contribution in [0.4, 0.5) is 10.1 Å². The minimum atomic E-state index is -0.407. The molecule has 2 aromatic carbocycles. The number of amides is 1. The molecule has 1 saturated carbocycles. The Hall–Kier alpha value is -2.69. The van der Waals surface area contributed by atoms with E-state index in [1.165, 1.54) is 5.57 Å². The molecule has 0 radical (unpaired) electrons. The molecule has 1 spiro atoms. The fourth-order valence-corrected chi connectivity index (χ4v) is 11.3. The van der Waals surface area contributed by atoms with Gasteiger partial charge in [0.15, 0.2) is 0 Å². The van der Waals surface area contributed by atoms with Crippen LogP contribution in [-0.4, -0.2) is 107 Å². The van der Waals surface area contributed by atoms with Crippen LogP contribution in [0.3, 0.4) is 0 Å². The predicted molar refractivity (Wildman–Crippen MR) is 206 cm³/mol. The lowest BCUT2D eigenvalue weighted by atomic mass is 9.57. The van der Waals surface area contributed by atoms with E-state index in [-0.39, 0.29) is 22.3 Å².